The van der Waals surface area contributed by atoms with Crippen LogP contribution in [0.2, 0.25) is 0 Å². The molecule has 0 aliphatic rings. The van der Waals surface area contributed by atoms with Gasteiger partial charge in [0, 0.05) is 0 Å². The minimum Gasteiger partial charge on any atom is -0.494 e. The number of hydrogen-bond acceptors (Lipinski definition) is 3. The lowest BCUT2D eigenvalue weighted by Gasteiger charge is -2.00. The van der Waals surface area contributed by atoms with E-state index in [1.807, 2.05) is 6.07 Å². The van der Waals surface area contributed by atoms with Crippen molar-refractivity contribution < 1.29 is 9.52 Å². The fourth-order valence-electron chi connectivity index (χ4n) is 1.65. The van der Waals surface area contributed by atoms with E-state index >= 15 is 0 Å². The molecular formula is C11H7BrN2O2. The van der Waals surface area contributed by atoms with Gasteiger partial charge in [-0.05, 0) is 40.2 Å². The first-order chi connectivity index (χ1) is 7.77. The van der Waals surface area contributed by atoms with Gasteiger partial charge in [0.05, 0.1) is 11.8 Å². The van der Waals surface area contributed by atoms with Gasteiger partial charge in [-0.3, -0.25) is 4.40 Å². The van der Waals surface area contributed by atoms with Crippen LogP contribution in [0, 0.1) is 0 Å². The summed E-state index contributed by atoms with van der Waals surface area (Å²) in [5.41, 5.74) is 0.798. The Balaban J connectivity index is 2.42. The Morgan fingerprint density at radius 3 is 2.88 bits per heavy atom. The molecule has 16 heavy (non-hydrogen) atoms. The zero-order chi connectivity index (χ0) is 11.1. The summed E-state index contributed by atoms with van der Waals surface area (Å²) in [7, 11) is 0. The predicted molar refractivity (Wildman–Crippen MR) is 62.3 cm³/mol. The van der Waals surface area contributed by atoms with Crippen LogP contribution < -0.4 is 0 Å². The second-order valence-electron chi connectivity index (χ2n) is 3.31. The van der Waals surface area contributed by atoms with Crippen LogP contribution >= 0.6 is 15.9 Å². The Bertz CT molecular complexity index is 643. The smallest absolute Gasteiger partial charge is 0.197 e. The van der Waals surface area contributed by atoms with E-state index in [1.165, 1.54) is 0 Å². The second kappa shape index (κ2) is 3.38. The molecule has 0 bridgehead atoms. The second-order valence-corrected chi connectivity index (χ2v) is 4.06. The van der Waals surface area contributed by atoms with Gasteiger partial charge in [0.25, 0.3) is 0 Å². The van der Waals surface area contributed by atoms with Crippen LogP contribution in [0.3, 0.4) is 0 Å². The van der Waals surface area contributed by atoms with E-state index in [0.717, 1.165) is 5.52 Å². The standard InChI is InChI=1S/C11H7BrN2O2/c12-10-7-3-1-5-9(15)14(7)11(13-10)8-4-2-6-16-8/h1-6,15H. The third-order valence-corrected chi connectivity index (χ3v) is 2.92. The number of aromatic hydroxyl groups is 1. The molecule has 0 saturated heterocycles. The summed E-state index contributed by atoms with van der Waals surface area (Å²) >= 11 is 3.35. The molecule has 0 aromatic carbocycles. The first-order valence-corrected chi connectivity index (χ1v) is 5.46. The van der Waals surface area contributed by atoms with Crippen LogP contribution in [-0.4, -0.2) is 14.5 Å². The Morgan fingerprint density at radius 2 is 2.12 bits per heavy atom. The molecule has 0 unspecified atom stereocenters. The van der Waals surface area contributed by atoms with Crippen molar-refractivity contribution in [2.45, 2.75) is 0 Å². The molecular weight excluding hydrogens is 272 g/mol. The lowest BCUT2D eigenvalue weighted by Crippen LogP contribution is -1.88. The summed E-state index contributed by atoms with van der Waals surface area (Å²) < 4.78 is 7.58. The molecule has 0 saturated carbocycles. The highest BCUT2D eigenvalue weighted by Gasteiger charge is 2.14. The maximum atomic E-state index is 9.82. The molecule has 0 spiro atoms. The van der Waals surface area contributed by atoms with E-state index in [-0.39, 0.29) is 5.88 Å². The van der Waals surface area contributed by atoms with Crippen LogP contribution in [0.25, 0.3) is 17.1 Å². The third kappa shape index (κ3) is 1.25. The van der Waals surface area contributed by atoms with Gasteiger partial charge in [-0.25, -0.2) is 4.98 Å². The Kier molecular flexibility index (Phi) is 2.00. The summed E-state index contributed by atoms with van der Waals surface area (Å²) in [4.78, 5) is 4.32. The Labute approximate surface area is 99.3 Å². The zero-order valence-electron chi connectivity index (χ0n) is 8.09. The average Bonchev–Trinajstić information content (AvgIpc) is 2.87. The number of furan rings is 1. The average molecular weight is 279 g/mol. The number of pyridine rings is 1. The highest BCUT2D eigenvalue weighted by molar-refractivity contribution is 9.10. The van der Waals surface area contributed by atoms with Gasteiger partial charge >= 0.3 is 0 Å². The fourth-order valence-corrected chi connectivity index (χ4v) is 2.13. The number of imidazole rings is 1. The lowest BCUT2D eigenvalue weighted by molar-refractivity contribution is 0.445. The lowest BCUT2D eigenvalue weighted by atomic mass is 10.4. The van der Waals surface area contributed by atoms with Gasteiger partial charge in [0.2, 0.25) is 0 Å². The van der Waals surface area contributed by atoms with Crippen LogP contribution in [0.15, 0.2) is 45.6 Å². The van der Waals surface area contributed by atoms with Gasteiger partial charge in [0.15, 0.2) is 17.5 Å². The number of aromatic nitrogens is 2. The van der Waals surface area contributed by atoms with Crippen molar-refractivity contribution in [2.24, 2.45) is 0 Å². The van der Waals surface area contributed by atoms with E-state index in [2.05, 4.69) is 20.9 Å². The molecule has 3 aromatic rings. The van der Waals surface area contributed by atoms with Gasteiger partial charge < -0.3 is 9.52 Å². The molecule has 0 fully saturated rings. The summed E-state index contributed by atoms with van der Waals surface area (Å²) in [5.74, 6) is 1.31. The van der Waals surface area contributed by atoms with Crippen LogP contribution in [-0.2, 0) is 0 Å². The summed E-state index contributed by atoms with van der Waals surface area (Å²) in [6.45, 7) is 0. The van der Waals surface area contributed by atoms with Crippen LogP contribution in [0.1, 0.15) is 0 Å². The number of hydrogen-bond donors (Lipinski definition) is 1. The largest absolute Gasteiger partial charge is 0.494 e. The zero-order valence-corrected chi connectivity index (χ0v) is 9.68. The molecule has 80 valence electrons. The number of rotatable bonds is 1. The first kappa shape index (κ1) is 9.47. The summed E-state index contributed by atoms with van der Waals surface area (Å²) in [6.07, 6.45) is 1.57. The Hall–Kier alpha value is -1.75. The van der Waals surface area contributed by atoms with Crippen LogP contribution in [0.5, 0.6) is 5.88 Å². The van der Waals surface area contributed by atoms with E-state index in [0.29, 0.717) is 16.2 Å². The van der Waals surface area contributed by atoms with E-state index < -0.39 is 0 Å². The van der Waals surface area contributed by atoms with Crippen molar-refractivity contribution in [2.75, 3.05) is 0 Å². The van der Waals surface area contributed by atoms with Crippen molar-refractivity contribution >= 4 is 21.4 Å². The summed E-state index contributed by atoms with van der Waals surface area (Å²) in [6, 6.07) is 8.82. The van der Waals surface area contributed by atoms with Crippen molar-refractivity contribution in [1.29, 1.82) is 0 Å². The van der Waals surface area contributed by atoms with E-state index in [1.54, 1.807) is 34.9 Å². The molecule has 4 nitrogen and oxygen atoms in total. The quantitative estimate of drug-likeness (QED) is 0.744. The van der Waals surface area contributed by atoms with Crippen molar-refractivity contribution in [3.8, 4) is 17.5 Å². The van der Waals surface area contributed by atoms with Crippen LogP contribution in [0.4, 0.5) is 0 Å². The SMILES string of the molecule is Oc1cccc2c(Br)nc(-c3ccco3)n12. The minimum atomic E-state index is 0.127. The van der Waals surface area contributed by atoms with E-state index in [4.69, 9.17) is 4.42 Å². The number of halogens is 1. The number of nitrogens with zero attached hydrogens (tertiary/aromatic N) is 2. The van der Waals surface area contributed by atoms with Gasteiger partial charge in [0.1, 0.15) is 4.60 Å². The highest BCUT2D eigenvalue weighted by atomic mass is 79.9. The maximum Gasteiger partial charge on any atom is 0.197 e. The predicted octanol–water partition coefficient (Wildman–Crippen LogP) is 3.06. The minimum absolute atomic E-state index is 0.127. The molecule has 0 aliphatic heterocycles. The molecule has 0 aliphatic carbocycles. The van der Waals surface area contributed by atoms with Gasteiger partial charge in [-0.2, -0.15) is 0 Å². The molecule has 5 heteroatoms. The topological polar surface area (TPSA) is 50.7 Å². The normalized spacial score (nSPS) is 11.1. The third-order valence-electron chi connectivity index (χ3n) is 2.34. The van der Waals surface area contributed by atoms with Gasteiger partial charge in [-0.1, -0.05) is 6.07 Å². The van der Waals surface area contributed by atoms with Crippen molar-refractivity contribution in [1.82, 2.24) is 9.38 Å². The molecule has 3 aromatic heterocycles. The Morgan fingerprint density at radius 1 is 1.25 bits per heavy atom. The number of fused-ring (bicyclic) bond motifs is 1. The van der Waals surface area contributed by atoms with Crippen molar-refractivity contribution in [3.05, 3.63) is 41.2 Å². The first-order valence-electron chi connectivity index (χ1n) is 4.67. The molecule has 0 amide bonds. The molecule has 3 heterocycles. The van der Waals surface area contributed by atoms with Crippen molar-refractivity contribution in [3.63, 3.8) is 0 Å². The highest BCUT2D eigenvalue weighted by Crippen LogP contribution is 2.29. The van der Waals surface area contributed by atoms with E-state index in [9.17, 15) is 5.11 Å². The maximum absolute atomic E-state index is 9.82. The summed E-state index contributed by atoms with van der Waals surface area (Å²) in [5, 5.41) is 9.82. The molecule has 0 atom stereocenters. The van der Waals surface area contributed by atoms with Gasteiger partial charge in [-0.15, -0.1) is 0 Å². The fraction of sp³-hybridized carbons (Fsp3) is 0. The molecule has 3 rings (SSSR count). The molecule has 0 radical (unpaired) electrons. The molecule has 1 N–H and O–H groups in total. The monoisotopic (exact) mass is 278 g/mol.